The van der Waals surface area contributed by atoms with Crippen molar-refractivity contribution in [3.05, 3.63) is 47.5 Å². The van der Waals surface area contributed by atoms with E-state index in [0.29, 0.717) is 0 Å². The third-order valence-corrected chi connectivity index (χ3v) is 6.80. The lowest BCUT2D eigenvalue weighted by molar-refractivity contribution is 0.577. The monoisotopic (exact) mass is 360 g/mol. The van der Waals surface area contributed by atoms with Crippen molar-refractivity contribution in [1.29, 1.82) is 0 Å². The Balaban J connectivity index is 1.46. The standard InChI is InChI=1S/C25H32N2/c1-3-14-26(15-4-1)22-10-12-24-20(18-22)8-7-9-21-19-23(11-13-25(21)24)27-16-5-2-6-17-27/h10-13,18-19H,1-9,14-17H2. The fourth-order valence-electron chi connectivity index (χ4n) is 5.27. The van der Waals surface area contributed by atoms with Crippen LogP contribution >= 0.6 is 0 Å². The van der Waals surface area contributed by atoms with E-state index in [9.17, 15) is 0 Å². The van der Waals surface area contributed by atoms with Crippen LogP contribution in [0.5, 0.6) is 0 Å². The van der Waals surface area contributed by atoms with Gasteiger partial charge in [0.05, 0.1) is 0 Å². The second kappa shape index (κ2) is 7.58. The normalized spacial score (nSPS) is 20.0. The molecule has 142 valence electrons. The number of anilines is 2. The first-order chi connectivity index (χ1) is 13.4. The predicted octanol–water partition coefficient (Wildman–Crippen LogP) is 5.82. The van der Waals surface area contributed by atoms with Gasteiger partial charge in [0.1, 0.15) is 0 Å². The van der Waals surface area contributed by atoms with E-state index in [1.165, 1.54) is 106 Å². The van der Waals surface area contributed by atoms with Crippen LogP contribution in [0.4, 0.5) is 11.4 Å². The van der Waals surface area contributed by atoms with Crippen molar-refractivity contribution in [1.82, 2.24) is 0 Å². The van der Waals surface area contributed by atoms with E-state index in [0.717, 1.165) is 0 Å². The van der Waals surface area contributed by atoms with Gasteiger partial charge in [0.25, 0.3) is 0 Å². The summed E-state index contributed by atoms with van der Waals surface area (Å²) in [7, 11) is 0. The highest BCUT2D eigenvalue weighted by Crippen LogP contribution is 2.37. The average Bonchev–Trinajstić information content (AvgIpc) is 2.93. The lowest BCUT2D eigenvalue weighted by atomic mass is 9.95. The van der Waals surface area contributed by atoms with Gasteiger partial charge in [-0.25, -0.2) is 0 Å². The Kier molecular flexibility index (Phi) is 4.82. The molecule has 0 bridgehead atoms. The molecule has 1 aliphatic carbocycles. The van der Waals surface area contributed by atoms with Crippen LogP contribution in [0.2, 0.25) is 0 Å². The van der Waals surface area contributed by atoms with Crippen LogP contribution in [-0.4, -0.2) is 26.2 Å². The summed E-state index contributed by atoms with van der Waals surface area (Å²) in [6.07, 6.45) is 11.9. The highest BCUT2D eigenvalue weighted by Gasteiger charge is 2.19. The molecule has 2 saturated heterocycles. The van der Waals surface area contributed by atoms with Crippen LogP contribution < -0.4 is 9.80 Å². The summed E-state index contributed by atoms with van der Waals surface area (Å²) < 4.78 is 0. The first-order valence-electron chi connectivity index (χ1n) is 11.1. The van der Waals surface area contributed by atoms with Crippen molar-refractivity contribution in [2.24, 2.45) is 0 Å². The van der Waals surface area contributed by atoms with Gasteiger partial charge in [0, 0.05) is 37.6 Å². The molecule has 2 heterocycles. The summed E-state index contributed by atoms with van der Waals surface area (Å²) in [6, 6.07) is 14.5. The van der Waals surface area contributed by atoms with E-state index in [2.05, 4.69) is 46.2 Å². The maximum Gasteiger partial charge on any atom is 0.0369 e. The first kappa shape index (κ1) is 17.2. The number of benzene rings is 2. The van der Waals surface area contributed by atoms with Gasteiger partial charge in [0.2, 0.25) is 0 Å². The molecule has 0 unspecified atom stereocenters. The lowest BCUT2D eigenvalue weighted by Crippen LogP contribution is -2.29. The number of hydrogen-bond acceptors (Lipinski definition) is 2. The maximum atomic E-state index is 2.59. The van der Waals surface area contributed by atoms with E-state index < -0.39 is 0 Å². The molecule has 2 heteroatoms. The molecule has 0 atom stereocenters. The summed E-state index contributed by atoms with van der Waals surface area (Å²) in [5.74, 6) is 0. The fraction of sp³-hybridized carbons (Fsp3) is 0.520. The molecule has 3 aliphatic rings. The zero-order valence-corrected chi connectivity index (χ0v) is 16.6. The number of hydrogen-bond donors (Lipinski definition) is 0. The smallest absolute Gasteiger partial charge is 0.0369 e. The molecule has 0 saturated carbocycles. The van der Waals surface area contributed by atoms with Gasteiger partial charge >= 0.3 is 0 Å². The quantitative estimate of drug-likeness (QED) is 0.665. The second-order valence-electron chi connectivity index (χ2n) is 8.63. The van der Waals surface area contributed by atoms with Crippen LogP contribution in [-0.2, 0) is 12.8 Å². The largest absolute Gasteiger partial charge is 0.372 e. The molecule has 0 radical (unpaired) electrons. The Morgan fingerprint density at radius 2 is 0.926 bits per heavy atom. The topological polar surface area (TPSA) is 6.48 Å². The van der Waals surface area contributed by atoms with Crippen LogP contribution in [0, 0.1) is 0 Å². The van der Waals surface area contributed by atoms with Crippen LogP contribution in [0.25, 0.3) is 11.1 Å². The molecule has 2 aromatic rings. The Hall–Kier alpha value is -1.96. The molecular formula is C25H32N2. The Bertz CT molecular complexity index is 730. The second-order valence-corrected chi connectivity index (χ2v) is 8.63. The van der Waals surface area contributed by atoms with Crippen molar-refractivity contribution in [2.75, 3.05) is 36.0 Å². The molecule has 2 aliphatic heterocycles. The van der Waals surface area contributed by atoms with Crippen LogP contribution in [0.1, 0.15) is 56.1 Å². The molecule has 2 nitrogen and oxygen atoms in total. The molecule has 0 N–H and O–H groups in total. The number of fused-ring (bicyclic) bond motifs is 3. The summed E-state index contributed by atoms with van der Waals surface area (Å²) in [4.78, 5) is 5.18. The van der Waals surface area contributed by atoms with Gasteiger partial charge in [-0.15, -0.1) is 0 Å². The van der Waals surface area contributed by atoms with Crippen molar-refractivity contribution in [3.63, 3.8) is 0 Å². The molecule has 0 amide bonds. The zero-order chi connectivity index (χ0) is 18.1. The lowest BCUT2D eigenvalue weighted by Gasteiger charge is -2.30. The van der Waals surface area contributed by atoms with Gasteiger partial charge in [-0.3, -0.25) is 0 Å². The van der Waals surface area contributed by atoms with Gasteiger partial charge in [-0.1, -0.05) is 12.1 Å². The minimum absolute atomic E-state index is 1.21. The maximum absolute atomic E-state index is 2.59. The molecule has 2 fully saturated rings. The Morgan fingerprint density at radius 1 is 0.481 bits per heavy atom. The fourth-order valence-corrected chi connectivity index (χ4v) is 5.27. The molecular weight excluding hydrogens is 328 g/mol. The van der Waals surface area contributed by atoms with Crippen molar-refractivity contribution in [2.45, 2.75) is 57.8 Å². The molecule has 2 aromatic carbocycles. The zero-order valence-electron chi connectivity index (χ0n) is 16.6. The van der Waals surface area contributed by atoms with E-state index in [1.54, 1.807) is 11.1 Å². The van der Waals surface area contributed by atoms with E-state index in [1.807, 2.05) is 0 Å². The van der Waals surface area contributed by atoms with Crippen molar-refractivity contribution >= 4 is 11.4 Å². The Morgan fingerprint density at radius 3 is 1.37 bits per heavy atom. The van der Waals surface area contributed by atoms with Gasteiger partial charge < -0.3 is 9.80 Å². The minimum atomic E-state index is 1.21. The Labute approximate surface area is 164 Å². The van der Waals surface area contributed by atoms with Crippen LogP contribution in [0.15, 0.2) is 36.4 Å². The van der Waals surface area contributed by atoms with Crippen molar-refractivity contribution in [3.8, 4) is 11.1 Å². The summed E-state index contributed by atoms with van der Waals surface area (Å²) >= 11 is 0. The van der Waals surface area contributed by atoms with E-state index in [-0.39, 0.29) is 0 Å². The highest BCUT2D eigenvalue weighted by atomic mass is 15.1. The van der Waals surface area contributed by atoms with Gasteiger partial charge in [0.15, 0.2) is 0 Å². The van der Waals surface area contributed by atoms with Crippen molar-refractivity contribution < 1.29 is 0 Å². The first-order valence-corrected chi connectivity index (χ1v) is 11.1. The SMILES string of the molecule is c1cc2c(cc1N1CCCCC1)CCCc1cc(N3CCCCC3)ccc1-2. The van der Waals surface area contributed by atoms with E-state index >= 15 is 0 Å². The third kappa shape index (κ3) is 3.47. The summed E-state index contributed by atoms with van der Waals surface area (Å²) in [5, 5.41) is 0. The van der Waals surface area contributed by atoms with E-state index in [4.69, 9.17) is 0 Å². The van der Waals surface area contributed by atoms with Gasteiger partial charge in [-0.05, 0) is 104 Å². The molecule has 5 rings (SSSR count). The third-order valence-electron chi connectivity index (χ3n) is 6.80. The number of nitrogens with zero attached hydrogens (tertiary/aromatic N) is 2. The minimum Gasteiger partial charge on any atom is -0.372 e. The summed E-state index contributed by atoms with van der Waals surface area (Å²) in [5.41, 5.74) is 8.97. The molecule has 27 heavy (non-hydrogen) atoms. The predicted molar refractivity (Wildman–Crippen MR) is 116 cm³/mol. The number of aryl methyl sites for hydroxylation is 2. The number of rotatable bonds is 2. The van der Waals surface area contributed by atoms with Crippen LogP contribution in [0.3, 0.4) is 0 Å². The average molecular weight is 361 g/mol. The molecule has 0 spiro atoms. The summed E-state index contributed by atoms with van der Waals surface area (Å²) in [6.45, 7) is 4.92. The van der Waals surface area contributed by atoms with Gasteiger partial charge in [-0.2, -0.15) is 0 Å². The molecule has 0 aromatic heterocycles. The number of piperidine rings is 2. The highest BCUT2D eigenvalue weighted by molar-refractivity contribution is 5.76.